The minimum absolute atomic E-state index is 0.0534. The van der Waals surface area contributed by atoms with Crippen LogP contribution in [0.3, 0.4) is 0 Å². The van der Waals surface area contributed by atoms with E-state index in [1.807, 2.05) is 30.5 Å². The van der Waals surface area contributed by atoms with E-state index in [1.165, 1.54) is 0 Å². The summed E-state index contributed by atoms with van der Waals surface area (Å²) in [6.07, 6.45) is 4.36. The molecule has 0 spiro atoms. The van der Waals surface area contributed by atoms with Crippen molar-refractivity contribution in [2.75, 3.05) is 5.32 Å². The van der Waals surface area contributed by atoms with Crippen LogP contribution in [0.25, 0.3) is 11.4 Å². The summed E-state index contributed by atoms with van der Waals surface area (Å²) in [5, 5.41) is 10.2. The molecule has 6 nitrogen and oxygen atoms in total. The van der Waals surface area contributed by atoms with Crippen molar-refractivity contribution in [3.8, 4) is 11.4 Å². The number of pyridine rings is 1. The molecule has 0 unspecified atom stereocenters. The number of amides is 1. The number of nitrogens with one attached hydrogen (secondary N) is 2. The van der Waals surface area contributed by atoms with E-state index < -0.39 is 0 Å². The number of hydrogen-bond acceptors (Lipinski definition) is 4. The van der Waals surface area contributed by atoms with E-state index in [2.05, 4.69) is 25.5 Å². The van der Waals surface area contributed by atoms with Crippen LogP contribution in [0.4, 0.5) is 5.95 Å². The molecule has 0 saturated heterocycles. The van der Waals surface area contributed by atoms with Gasteiger partial charge in [-0.05, 0) is 36.1 Å². The first-order valence-electron chi connectivity index (χ1n) is 7.60. The number of aromatic amines is 1. The SMILES string of the molecule is O=C(Nc1n[nH]c(-c2cccc(Cl)c2)n1)[C@@H]1C[C@@H]1c1cccnc1. The molecule has 1 aromatic carbocycles. The van der Waals surface area contributed by atoms with Crippen molar-refractivity contribution in [3.05, 3.63) is 59.4 Å². The fourth-order valence-corrected chi connectivity index (χ4v) is 2.92. The number of nitrogens with zero attached hydrogens (tertiary/aromatic N) is 3. The molecule has 120 valence electrons. The highest BCUT2D eigenvalue weighted by Crippen LogP contribution is 2.47. The van der Waals surface area contributed by atoms with Crippen LogP contribution in [0.15, 0.2) is 48.8 Å². The maximum Gasteiger partial charge on any atom is 0.249 e. The minimum atomic E-state index is -0.0690. The summed E-state index contributed by atoms with van der Waals surface area (Å²) in [6, 6.07) is 11.2. The van der Waals surface area contributed by atoms with Crippen LogP contribution in [0, 0.1) is 5.92 Å². The van der Waals surface area contributed by atoms with Crippen molar-refractivity contribution in [2.24, 2.45) is 5.92 Å². The Hall–Kier alpha value is -2.73. The third-order valence-corrected chi connectivity index (χ3v) is 4.29. The Labute approximate surface area is 143 Å². The highest BCUT2D eigenvalue weighted by Gasteiger charge is 2.44. The lowest BCUT2D eigenvalue weighted by Gasteiger charge is -2.00. The Bertz CT molecular complexity index is 879. The van der Waals surface area contributed by atoms with E-state index in [9.17, 15) is 4.79 Å². The van der Waals surface area contributed by atoms with Gasteiger partial charge in [0.05, 0.1) is 0 Å². The summed E-state index contributed by atoms with van der Waals surface area (Å²) in [5.41, 5.74) is 1.91. The van der Waals surface area contributed by atoms with Crippen LogP contribution < -0.4 is 5.32 Å². The maximum atomic E-state index is 12.3. The molecule has 24 heavy (non-hydrogen) atoms. The smallest absolute Gasteiger partial charge is 0.249 e. The van der Waals surface area contributed by atoms with Gasteiger partial charge in [-0.25, -0.2) is 0 Å². The number of carbonyl (C=O) groups is 1. The second kappa shape index (κ2) is 6.05. The number of halogens is 1. The fourth-order valence-electron chi connectivity index (χ4n) is 2.73. The average Bonchev–Trinajstić information content (AvgIpc) is 3.28. The third-order valence-electron chi connectivity index (χ3n) is 4.06. The Morgan fingerprint density at radius 3 is 3.00 bits per heavy atom. The van der Waals surface area contributed by atoms with Crippen LogP contribution in [0.2, 0.25) is 5.02 Å². The first kappa shape index (κ1) is 14.8. The van der Waals surface area contributed by atoms with Crippen LogP contribution in [-0.4, -0.2) is 26.1 Å². The predicted molar refractivity (Wildman–Crippen MR) is 90.5 cm³/mol. The van der Waals surface area contributed by atoms with Crippen molar-refractivity contribution in [3.63, 3.8) is 0 Å². The first-order chi connectivity index (χ1) is 11.7. The Morgan fingerprint density at radius 1 is 1.29 bits per heavy atom. The van der Waals surface area contributed by atoms with Crippen molar-refractivity contribution >= 4 is 23.5 Å². The van der Waals surface area contributed by atoms with Gasteiger partial charge in [0.2, 0.25) is 11.9 Å². The summed E-state index contributed by atoms with van der Waals surface area (Å²) in [5.74, 6) is 0.937. The minimum Gasteiger partial charge on any atom is -0.293 e. The summed E-state index contributed by atoms with van der Waals surface area (Å²) >= 11 is 5.97. The van der Waals surface area contributed by atoms with Gasteiger partial charge in [0.1, 0.15) is 0 Å². The number of anilines is 1. The highest BCUT2D eigenvalue weighted by atomic mass is 35.5. The molecule has 0 aliphatic heterocycles. The van der Waals surface area contributed by atoms with Crippen LogP contribution >= 0.6 is 11.6 Å². The lowest BCUT2D eigenvalue weighted by Crippen LogP contribution is -2.15. The lowest BCUT2D eigenvalue weighted by molar-refractivity contribution is -0.117. The number of rotatable bonds is 4. The van der Waals surface area contributed by atoms with Gasteiger partial charge in [-0.1, -0.05) is 29.8 Å². The zero-order chi connectivity index (χ0) is 16.5. The zero-order valence-corrected chi connectivity index (χ0v) is 13.4. The molecule has 0 radical (unpaired) electrons. The molecule has 1 aliphatic rings. The number of aromatic nitrogens is 4. The molecule has 2 heterocycles. The molecular formula is C17H14ClN5O. The summed E-state index contributed by atoms with van der Waals surface area (Å²) in [6.45, 7) is 0. The fraction of sp³-hybridized carbons (Fsp3) is 0.176. The number of H-pyrrole nitrogens is 1. The van der Waals surface area contributed by atoms with E-state index in [0.29, 0.717) is 10.8 Å². The van der Waals surface area contributed by atoms with Gasteiger partial charge >= 0.3 is 0 Å². The average molecular weight is 340 g/mol. The lowest BCUT2D eigenvalue weighted by atomic mass is 10.1. The zero-order valence-electron chi connectivity index (χ0n) is 12.6. The van der Waals surface area contributed by atoms with Gasteiger partial charge in [0, 0.05) is 28.9 Å². The van der Waals surface area contributed by atoms with Crippen molar-refractivity contribution < 1.29 is 4.79 Å². The molecule has 1 aliphatic carbocycles. The first-order valence-corrected chi connectivity index (χ1v) is 7.97. The van der Waals surface area contributed by atoms with E-state index in [1.54, 1.807) is 18.3 Å². The summed E-state index contributed by atoms with van der Waals surface area (Å²) < 4.78 is 0. The van der Waals surface area contributed by atoms with E-state index in [0.717, 1.165) is 17.5 Å². The normalized spacial score (nSPS) is 19.0. The van der Waals surface area contributed by atoms with E-state index >= 15 is 0 Å². The number of hydrogen-bond donors (Lipinski definition) is 2. The summed E-state index contributed by atoms with van der Waals surface area (Å²) in [7, 11) is 0. The van der Waals surface area contributed by atoms with Crippen LogP contribution in [-0.2, 0) is 4.79 Å². The molecule has 2 atom stereocenters. The monoisotopic (exact) mass is 339 g/mol. The Kier molecular flexibility index (Phi) is 3.74. The molecule has 4 rings (SSSR count). The van der Waals surface area contributed by atoms with Gasteiger partial charge in [-0.2, -0.15) is 4.98 Å². The largest absolute Gasteiger partial charge is 0.293 e. The van der Waals surface area contributed by atoms with Gasteiger partial charge in [-0.3, -0.25) is 20.2 Å². The molecule has 1 fully saturated rings. The molecule has 1 amide bonds. The summed E-state index contributed by atoms with van der Waals surface area (Å²) in [4.78, 5) is 20.7. The van der Waals surface area contributed by atoms with E-state index in [-0.39, 0.29) is 23.7 Å². The van der Waals surface area contributed by atoms with Crippen LogP contribution in [0.5, 0.6) is 0 Å². The second-order valence-electron chi connectivity index (χ2n) is 5.74. The predicted octanol–water partition coefficient (Wildman–Crippen LogP) is 3.26. The van der Waals surface area contributed by atoms with E-state index in [4.69, 9.17) is 11.6 Å². The maximum absolute atomic E-state index is 12.3. The molecule has 3 aromatic rings. The Balaban J connectivity index is 1.43. The van der Waals surface area contributed by atoms with Gasteiger partial charge in [-0.15, -0.1) is 5.10 Å². The van der Waals surface area contributed by atoms with Crippen molar-refractivity contribution in [1.82, 2.24) is 20.2 Å². The quantitative estimate of drug-likeness (QED) is 0.764. The second-order valence-corrected chi connectivity index (χ2v) is 6.18. The topological polar surface area (TPSA) is 83.6 Å². The number of carbonyl (C=O) groups excluding carboxylic acids is 1. The standard InChI is InChI=1S/C17H14ClN5O/c18-12-5-1-3-10(7-12)15-20-17(23-22-15)21-16(24)14-8-13(14)11-4-2-6-19-9-11/h1-7,9,13-14H,8H2,(H2,20,21,22,23,24)/t13-,14-/m1/s1. The highest BCUT2D eigenvalue weighted by molar-refractivity contribution is 6.30. The van der Waals surface area contributed by atoms with Gasteiger partial charge < -0.3 is 0 Å². The molecular weight excluding hydrogens is 326 g/mol. The molecule has 2 N–H and O–H groups in total. The van der Waals surface area contributed by atoms with Crippen LogP contribution in [0.1, 0.15) is 17.9 Å². The molecule has 1 saturated carbocycles. The van der Waals surface area contributed by atoms with Crippen molar-refractivity contribution in [1.29, 1.82) is 0 Å². The van der Waals surface area contributed by atoms with Gasteiger partial charge in [0.25, 0.3) is 0 Å². The third kappa shape index (κ3) is 3.00. The molecule has 7 heteroatoms. The number of benzene rings is 1. The molecule has 0 bridgehead atoms. The van der Waals surface area contributed by atoms with Crippen molar-refractivity contribution in [2.45, 2.75) is 12.3 Å². The Morgan fingerprint density at radius 2 is 2.21 bits per heavy atom. The van der Waals surface area contributed by atoms with Gasteiger partial charge in [0.15, 0.2) is 5.82 Å². The molecule has 2 aromatic heterocycles.